The van der Waals surface area contributed by atoms with Crippen molar-refractivity contribution >= 4 is 47.5 Å². The van der Waals surface area contributed by atoms with Gasteiger partial charge in [-0.05, 0) is 56.6 Å². The predicted octanol–water partition coefficient (Wildman–Crippen LogP) is 3.14. The number of hydrogen-bond donors (Lipinski definition) is 1. The third kappa shape index (κ3) is 6.63. The zero-order valence-electron chi connectivity index (χ0n) is 13.8. The Bertz CT molecular complexity index is 538. The van der Waals surface area contributed by atoms with Gasteiger partial charge in [0.1, 0.15) is 0 Å². The fraction of sp³-hybridized carbons (Fsp3) is 0.529. The molecule has 1 aromatic rings. The molecule has 0 radical (unpaired) electrons. The maximum atomic E-state index is 12.3. The summed E-state index contributed by atoms with van der Waals surface area (Å²) in [4.78, 5) is 26.3. The first-order valence-corrected chi connectivity index (χ1v) is 9.42. The lowest BCUT2D eigenvalue weighted by Crippen LogP contribution is -2.43. The van der Waals surface area contributed by atoms with E-state index in [-0.39, 0.29) is 24.1 Å². The molecule has 1 aliphatic rings. The zero-order chi connectivity index (χ0) is 16.7. The van der Waals surface area contributed by atoms with Gasteiger partial charge in [0.25, 0.3) is 0 Å². The van der Waals surface area contributed by atoms with Gasteiger partial charge < -0.3 is 10.2 Å². The summed E-state index contributed by atoms with van der Waals surface area (Å²) >= 11 is 7.20. The Morgan fingerprint density at radius 1 is 1.29 bits per heavy atom. The molecule has 0 saturated carbocycles. The predicted molar refractivity (Wildman–Crippen MR) is 104 cm³/mol. The number of ketones is 1. The van der Waals surface area contributed by atoms with Crippen LogP contribution in [0.4, 0.5) is 0 Å². The minimum absolute atomic E-state index is 0. The third-order valence-corrected chi connectivity index (χ3v) is 5.16. The van der Waals surface area contributed by atoms with E-state index in [1.54, 1.807) is 24.3 Å². The second-order valence-electron chi connectivity index (χ2n) is 5.83. The van der Waals surface area contributed by atoms with Crippen molar-refractivity contribution in [3.05, 3.63) is 34.9 Å². The van der Waals surface area contributed by atoms with Crippen LogP contribution in [0, 0.1) is 5.92 Å². The van der Waals surface area contributed by atoms with Crippen LogP contribution in [0.3, 0.4) is 0 Å². The lowest BCUT2D eigenvalue weighted by Gasteiger charge is -2.32. The summed E-state index contributed by atoms with van der Waals surface area (Å²) in [6, 6.07) is 6.86. The maximum absolute atomic E-state index is 12.3. The quantitative estimate of drug-likeness (QED) is 0.726. The fourth-order valence-corrected chi connectivity index (χ4v) is 3.73. The molecule has 1 fully saturated rings. The third-order valence-electron chi connectivity index (χ3n) is 3.99. The molecule has 1 unspecified atom stereocenters. The minimum atomic E-state index is 0. The molecule has 1 aromatic carbocycles. The highest BCUT2D eigenvalue weighted by atomic mass is 35.5. The summed E-state index contributed by atoms with van der Waals surface area (Å²) in [5.74, 6) is 1.40. The number of halogens is 2. The molecule has 1 aliphatic heterocycles. The van der Waals surface area contributed by atoms with E-state index < -0.39 is 0 Å². The summed E-state index contributed by atoms with van der Waals surface area (Å²) in [6.45, 7) is 2.61. The smallest absolute Gasteiger partial charge is 0.232 e. The monoisotopic (exact) mass is 390 g/mol. The number of benzene rings is 1. The van der Waals surface area contributed by atoms with Crippen molar-refractivity contribution in [3.8, 4) is 0 Å². The molecule has 0 spiro atoms. The molecule has 1 atom stereocenters. The highest BCUT2D eigenvalue weighted by Crippen LogP contribution is 2.17. The van der Waals surface area contributed by atoms with E-state index in [4.69, 9.17) is 11.6 Å². The lowest BCUT2D eigenvalue weighted by atomic mass is 9.98. The summed E-state index contributed by atoms with van der Waals surface area (Å²) in [5.41, 5.74) is 0.640. The number of carbonyl (C=O) groups is 2. The van der Waals surface area contributed by atoms with Crippen LogP contribution in [0.1, 0.15) is 23.2 Å². The number of hydrogen-bond acceptors (Lipinski definition) is 4. The molecule has 0 aromatic heterocycles. The fourth-order valence-electron chi connectivity index (χ4n) is 2.79. The van der Waals surface area contributed by atoms with Gasteiger partial charge in [-0.25, -0.2) is 0 Å². The molecular weight excluding hydrogens is 367 g/mol. The Balaban J connectivity index is 0.00000288. The molecule has 0 aliphatic carbocycles. The molecule has 1 saturated heterocycles. The van der Waals surface area contributed by atoms with Gasteiger partial charge in [0.05, 0.1) is 11.5 Å². The maximum Gasteiger partial charge on any atom is 0.232 e. The molecule has 1 amide bonds. The van der Waals surface area contributed by atoms with Crippen molar-refractivity contribution in [3.63, 3.8) is 0 Å². The Morgan fingerprint density at radius 3 is 2.67 bits per heavy atom. The second kappa shape index (κ2) is 11.0. The lowest BCUT2D eigenvalue weighted by molar-refractivity contribution is -0.130. The van der Waals surface area contributed by atoms with Crippen molar-refractivity contribution in [2.45, 2.75) is 12.8 Å². The first-order valence-electron chi connectivity index (χ1n) is 7.89. The van der Waals surface area contributed by atoms with Crippen molar-refractivity contribution in [1.29, 1.82) is 0 Å². The van der Waals surface area contributed by atoms with Gasteiger partial charge in [0.2, 0.25) is 5.91 Å². The van der Waals surface area contributed by atoms with Crippen LogP contribution in [-0.2, 0) is 4.79 Å². The molecule has 1 N–H and O–H groups in total. The summed E-state index contributed by atoms with van der Waals surface area (Å²) in [7, 11) is 1.94. The number of nitrogens with zero attached hydrogens (tertiary/aromatic N) is 1. The SMILES string of the molecule is CNCC1CCCN(C(=O)CSCC(=O)c2ccc(Cl)cc2)C1.Cl. The number of amides is 1. The van der Waals surface area contributed by atoms with Gasteiger partial charge in [-0.1, -0.05) is 11.6 Å². The van der Waals surface area contributed by atoms with Crippen LogP contribution in [0.25, 0.3) is 0 Å². The Hall–Kier alpha value is -0.750. The average Bonchev–Trinajstić information content (AvgIpc) is 2.56. The average molecular weight is 391 g/mol. The molecule has 134 valence electrons. The standard InChI is InChI=1S/C17H23ClN2O2S.ClH/c1-19-9-13-3-2-8-20(10-13)17(22)12-23-11-16(21)14-4-6-15(18)7-5-14;/h4-7,13,19H,2-3,8-12H2,1H3;1H. The molecule has 7 heteroatoms. The highest BCUT2D eigenvalue weighted by Gasteiger charge is 2.23. The second-order valence-corrected chi connectivity index (χ2v) is 7.25. The van der Waals surface area contributed by atoms with Gasteiger partial charge in [-0.2, -0.15) is 0 Å². The van der Waals surface area contributed by atoms with Gasteiger partial charge in [0, 0.05) is 23.7 Å². The molecule has 1 heterocycles. The van der Waals surface area contributed by atoms with Crippen molar-refractivity contribution in [1.82, 2.24) is 10.2 Å². The van der Waals surface area contributed by atoms with Gasteiger partial charge in [-0.3, -0.25) is 9.59 Å². The van der Waals surface area contributed by atoms with E-state index in [9.17, 15) is 9.59 Å². The summed E-state index contributed by atoms with van der Waals surface area (Å²) in [5, 5.41) is 3.80. The van der Waals surface area contributed by atoms with Crippen molar-refractivity contribution in [2.24, 2.45) is 5.92 Å². The Labute approximate surface area is 159 Å². The van der Waals surface area contributed by atoms with Crippen LogP contribution in [0.2, 0.25) is 5.02 Å². The molecule has 2 rings (SSSR count). The first kappa shape index (κ1) is 21.3. The summed E-state index contributed by atoms with van der Waals surface area (Å²) in [6.07, 6.45) is 2.24. The van der Waals surface area contributed by atoms with E-state index in [0.717, 1.165) is 26.1 Å². The van der Waals surface area contributed by atoms with Crippen molar-refractivity contribution in [2.75, 3.05) is 38.2 Å². The van der Waals surface area contributed by atoms with E-state index in [2.05, 4.69) is 5.32 Å². The number of carbonyl (C=O) groups excluding carboxylic acids is 2. The molecule has 4 nitrogen and oxygen atoms in total. The first-order chi connectivity index (χ1) is 11.1. The van der Waals surface area contributed by atoms with E-state index in [1.807, 2.05) is 11.9 Å². The largest absolute Gasteiger partial charge is 0.342 e. The number of rotatable bonds is 7. The number of nitrogens with one attached hydrogen (secondary N) is 1. The van der Waals surface area contributed by atoms with Crippen LogP contribution in [-0.4, -0.2) is 54.8 Å². The normalized spacial score (nSPS) is 17.2. The number of likely N-dealkylation sites (tertiary alicyclic amines) is 1. The summed E-state index contributed by atoms with van der Waals surface area (Å²) < 4.78 is 0. The van der Waals surface area contributed by atoms with E-state index in [0.29, 0.717) is 28.0 Å². The molecule has 0 bridgehead atoms. The van der Waals surface area contributed by atoms with E-state index >= 15 is 0 Å². The topological polar surface area (TPSA) is 49.4 Å². The van der Waals surface area contributed by atoms with Gasteiger partial charge in [-0.15, -0.1) is 24.2 Å². The number of Topliss-reactive ketones (excluding diaryl/α,β-unsaturated/α-hetero) is 1. The zero-order valence-corrected chi connectivity index (χ0v) is 16.2. The Morgan fingerprint density at radius 2 is 2.00 bits per heavy atom. The van der Waals surface area contributed by atoms with Gasteiger partial charge in [0.15, 0.2) is 5.78 Å². The van der Waals surface area contributed by atoms with Crippen LogP contribution >= 0.6 is 35.8 Å². The minimum Gasteiger partial charge on any atom is -0.342 e. The van der Waals surface area contributed by atoms with E-state index in [1.165, 1.54) is 18.2 Å². The number of thioether (sulfide) groups is 1. The molecule has 24 heavy (non-hydrogen) atoms. The number of piperidine rings is 1. The highest BCUT2D eigenvalue weighted by molar-refractivity contribution is 8.00. The molecular formula is C17H24Cl2N2O2S. The van der Waals surface area contributed by atoms with Crippen LogP contribution in [0.5, 0.6) is 0 Å². The Kier molecular flexibility index (Phi) is 9.74. The van der Waals surface area contributed by atoms with Crippen LogP contribution in [0.15, 0.2) is 24.3 Å². The van der Waals surface area contributed by atoms with Crippen LogP contribution < -0.4 is 5.32 Å². The van der Waals surface area contributed by atoms with Gasteiger partial charge >= 0.3 is 0 Å². The van der Waals surface area contributed by atoms with Crippen molar-refractivity contribution < 1.29 is 9.59 Å².